The number of oxime groups is 1. The minimum atomic E-state index is -1.46. The number of carbonyl (C=O) groups is 1. The molecule has 1 amide bonds. The largest absolute Gasteiger partial charge is 0.459 e. The molecule has 2 N–H and O–H groups in total. The van der Waals surface area contributed by atoms with Gasteiger partial charge in [0.1, 0.15) is 36.1 Å². The summed E-state index contributed by atoms with van der Waals surface area (Å²) >= 11 is 0. The summed E-state index contributed by atoms with van der Waals surface area (Å²) in [5.74, 6) is -0.0105. The van der Waals surface area contributed by atoms with E-state index in [0.717, 1.165) is 42.4 Å². The number of nitro benzene ring substituents is 1. The maximum Gasteiger partial charge on any atom is 0.415 e. The van der Waals surface area contributed by atoms with E-state index in [9.17, 15) is 25.1 Å². The van der Waals surface area contributed by atoms with Crippen molar-refractivity contribution in [3.63, 3.8) is 0 Å². The molecule has 3 aromatic carbocycles. The SMILES string of the molecule is C=CCOC12Oc3ccc(Oc4ccc(C)c(C)c4)cc3C3C(CCCCO)C(CCCCO)C=C(C(=NOC)CC1N(C)C(=O)Oc1ccc([N+](=O)[O-])cc1)C32. The molecule has 2 aliphatic carbocycles. The molecule has 0 saturated heterocycles. The van der Waals surface area contributed by atoms with Crippen molar-refractivity contribution in [2.24, 2.45) is 22.9 Å². The first-order chi connectivity index (χ1) is 27.5. The zero-order chi connectivity index (χ0) is 40.7. The number of aryl methyl sites for hydroxylation is 2. The highest BCUT2D eigenvalue weighted by Crippen LogP contribution is 2.62. The lowest BCUT2D eigenvalue weighted by molar-refractivity contribution is -0.384. The van der Waals surface area contributed by atoms with Crippen LogP contribution in [0.4, 0.5) is 10.5 Å². The van der Waals surface area contributed by atoms with Gasteiger partial charge in [-0.1, -0.05) is 36.2 Å². The Morgan fingerprint density at radius 3 is 2.35 bits per heavy atom. The summed E-state index contributed by atoms with van der Waals surface area (Å²) in [5.41, 5.74) is 4.62. The number of fused-ring (bicyclic) bond motifs is 2. The third-order valence-electron chi connectivity index (χ3n) is 11.6. The van der Waals surface area contributed by atoms with E-state index >= 15 is 0 Å². The maximum absolute atomic E-state index is 14.1. The lowest BCUT2D eigenvalue weighted by atomic mass is 9.55. The summed E-state index contributed by atoms with van der Waals surface area (Å²) in [5, 5.41) is 35.5. The lowest BCUT2D eigenvalue weighted by Gasteiger charge is -2.59. The van der Waals surface area contributed by atoms with E-state index in [0.29, 0.717) is 35.8 Å². The monoisotopic (exact) mass is 783 g/mol. The third kappa shape index (κ3) is 8.70. The molecule has 0 spiro atoms. The average Bonchev–Trinajstić information content (AvgIpc) is 3.20. The van der Waals surface area contributed by atoms with E-state index in [1.807, 2.05) is 43.3 Å². The van der Waals surface area contributed by atoms with Gasteiger partial charge in [-0.25, -0.2) is 4.79 Å². The number of likely N-dealkylation sites (N-methyl/N-ethyl adjacent to an activating group) is 1. The molecule has 3 aliphatic rings. The molecular formula is C44H53N3O10. The van der Waals surface area contributed by atoms with Gasteiger partial charge in [-0.15, -0.1) is 6.58 Å². The summed E-state index contributed by atoms with van der Waals surface area (Å²) in [4.78, 5) is 31.7. The van der Waals surface area contributed by atoms with Crippen LogP contribution in [0.15, 0.2) is 90.1 Å². The van der Waals surface area contributed by atoms with E-state index in [-0.39, 0.29) is 55.4 Å². The topological polar surface area (TPSA) is 162 Å². The molecule has 1 saturated carbocycles. The van der Waals surface area contributed by atoms with E-state index in [2.05, 4.69) is 24.7 Å². The molecule has 6 rings (SSSR count). The van der Waals surface area contributed by atoms with Crippen LogP contribution < -0.4 is 14.2 Å². The normalized spacial score (nSPS) is 24.0. The minimum Gasteiger partial charge on any atom is -0.459 e. The first-order valence-corrected chi connectivity index (χ1v) is 19.6. The minimum absolute atomic E-state index is 0.0372. The van der Waals surface area contributed by atoms with Gasteiger partial charge in [0, 0.05) is 50.3 Å². The van der Waals surface area contributed by atoms with E-state index in [1.54, 1.807) is 13.1 Å². The molecule has 57 heavy (non-hydrogen) atoms. The second kappa shape index (κ2) is 18.4. The van der Waals surface area contributed by atoms with Gasteiger partial charge in [0.05, 0.1) is 23.2 Å². The number of amides is 1. The molecule has 6 atom stereocenters. The Balaban J connectivity index is 1.51. The number of carbonyl (C=O) groups excluding carboxylic acids is 1. The Bertz CT molecular complexity index is 1980. The fourth-order valence-corrected chi connectivity index (χ4v) is 8.75. The zero-order valence-electron chi connectivity index (χ0n) is 33.1. The predicted molar refractivity (Wildman–Crippen MR) is 215 cm³/mol. The molecule has 304 valence electrons. The van der Waals surface area contributed by atoms with Crippen LogP contribution in [0.3, 0.4) is 0 Å². The third-order valence-corrected chi connectivity index (χ3v) is 11.6. The first-order valence-electron chi connectivity index (χ1n) is 19.6. The lowest BCUT2D eigenvalue weighted by Crippen LogP contribution is -2.69. The number of hydrogen-bond donors (Lipinski definition) is 2. The second-order valence-corrected chi connectivity index (χ2v) is 15.0. The highest BCUT2D eigenvalue weighted by molar-refractivity contribution is 6.03. The fourth-order valence-electron chi connectivity index (χ4n) is 8.75. The number of non-ortho nitro benzene ring substituents is 1. The average molecular weight is 784 g/mol. The van der Waals surface area contributed by atoms with Crippen molar-refractivity contribution < 1.29 is 43.7 Å². The fraction of sp³-hybridized carbons (Fsp3) is 0.455. The standard InChI is InChI=1S/C44H53N3O10/c1-6-23-54-44-40(46(4)43(50)56-32-17-14-31(15-18-32)47(51)52)27-38(45-53-5)36-25-30(11-7-9-21-48)35(12-8-10-22-49)41(42(36)44)37-26-34(19-20-39(37)57-44)55-33-16-13-28(2)29(3)24-33/h6,13-20,24-26,30,35,40-42,48-49H,1,7-12,21-23,27H2,2-5H3. The molecule has 1 heterocycles. The van der Waals surface area contributed by atoms with Gasteiger partial charge >= 0.3 is 6.09 Å². The van der Waals surface area contributed by atoms with Crippen LogP contribution in [0.1, 0.15) is 67.6 Å². The van der Waals surface area contributed by atoms with Crippen LogP contribution in [0.25, 0.3) is 0 Å². The Labute approximate surface area is 333 Å². The first kappa shape index (κ1) is 41.4. The molecule has 6 unspecified atom stereocenters. The molecule has 13 heteroatoms. The van der Waals surface area contributed by atoms with Crippen LogP contribution in [-0.2, 0) is 9.57 Å². The van der Waals surface area contributed by atoms with E-state index in [1.165, 1.54) is 41.8 Å². The Hall–Kier alpha value is -5.24. The molecule has 1 fully saturated rings. The smallest absolute Gasteiger partial charge is 0.415 e. The van der Waals surface area contributed by atoms with Crippen LogP contribution in [0.2, 0.25) is 0 Å². The molecule has 1 aliphatic heterocycles. The van der Waals surface area contributed by atoms with Crippen LogP contribution in [-0.4, -0.2) is 77.6 Å². The molecule has 0 aromatic heterocycles. The summed E-state index contributed by atoms with van der Waals surface area (Å²) in [6, 6.07) is 16.3. The van der Waals surface area contributed by atoms with Gasteiger partial charge in [-0.3, -0.25) is 10.1 Å². The van der Waals surface area contributed by atoms with Crippen molar-refractivity contribution >= 4 is 17.5 Å². The number of nitro groups is 1. The number of aliphatic hydroxyl groups is 2. The highest BCUT2D eigenvalue weighted by Gasteiger charge is 2.65. The number of unbranched alkanes of at least 4 members (excludes halogenated alkanes) is 2. The number of allylic oxidation sites excluding steroid dienone is 1. The Morgan fingerprint density at radius 1 is 1.00 bits per heavy atom. The number of nitrogens with zero attached hydrogens (tertiary/aromatic N) is 3. The zero-order valence-corrected chi connectivity index (χ0v) is 33.1. The Morgan fingerprint density at radius 2 is 1.68 bits per heavy atom. The van der Waals surface area contributed by atoms with Crippen LogP contribution >= 0.6 is 0 Å². The van der Waals surface area contributed by atoms with Crippen molar-refractivity contribution in [3.05, 3.63) is 112 Å². The number of benzene rings is 3. The van der Waals surface area contributed by atoms with Gasteiger partial charge in [-0.05, 0) is 111 Å². The maximum atomic E-state index is 14.1. The van der Waals surface area contributed by atoms with Crippen molar-refractivity contribution in [1.29, 1.82) is 0 Å². The van der Waals surface area contributed by atoms with Gasteiger partial charge in [-0.2, -0.15) is 0 Å². The van der Waals surface area contributed by atoms with E-state index < -0.39 is 28.8 Å². The van der Waals surface area contributed by atoms with Gasteiger partial charge in [0.2, 0.25) is 5.79 Å². The van der Waals surface area contributed by atoms with Crippen molar-refractivity contribution in [2.45, 2.75) is 76.5 Å². The summed E-state index contributed by atoms with van der Waals surface area (Å²) in [6.45, 7) is 8.33. The number of hydrogen-bond acceptors (Lipinski definition) is 11. The second-order valence-electron chi connectivity index (χ2n) is 15.0. The molecule has 3 aromatic rings. The summed E-state index contributed by atoms with van der Waals surface area (Å²) in [7, 11) is 3.11. The summed E-state index contributed by atoms with van der Waals surface area (Å²) in [6.07, 6.45) is 7.88. The predicted octanol–water partition coefficient (Wildman–Crippen LogP) is 8.40. The highest BCUT2D eigenvalue weighted by atomic mass is 16.7. The van der Waals surface area contributed by atoms with Crippen LogP contribution in [0.5, 0.6) is 23.0 Å². The quantitative estimate of drug-likeness (QED) is 0.0589. The van der Waals surface area contributed by atoms with E-state index in [4.69, 9.17) is 23.8 Å². The van der Waals surface area contributed by atoms with Crippen molar-refractivity contribution in [1.82, 2.24) is 4.90 Å². The van der Waals surface area contributed by atoms with Gasteiger partial charge < -0.3 is 38.9 Å². The number of rotatable bonds is 17. The molecular weight excluding hydrogens is 730 g/mol. The molecule has 0 radical (unpaired) electrons. The van der Waals surface area contributed by atoms with Crippen molar-refractivity contribution in [2.75, 3.05) is 34.0 Å². The number of aliphatic hydroxyl groups excluding tert-OH is 2. The molecule has 13 nitrogen and oxygen atoms in total. The summed E-state index contributed by atoms with van der Waals surface area (Å²) < 4.78 is 26.3. The van der Waals surface area contributed by atoms with Crippen molar-refractivity contribution in [3.8, 4) is 23.0 Å². The Kier molecular flexibility index (Phi) is 13.3. The van der Waals surface area contributed by atoms with Crippen LogP contribution in [0, 0.1) is 41.7 Å². The number of ether oxygens (including phenoxy) is 4. The van der Waals surface area contributed by atoms with Gasteiger partial charge in [0.25, 0.3) is 5.69 Å². The van der Waals surface area contributed by atoms with Gasteiger partial charge in [0.15, 0.2) is 0 Å². The molecule has 0 bridgehead atoms.